The number of ether oxygens (including phenoxy) is 2. The van der Waals surface area contributed by atoms with Gasteiger partial charge in [0, 0.05) is 22.8 Å². The number of nitrogens with zero attached hydrogens (tertiary/aromatic N) is 1. The summed E-state index contributed by atoms with van der Waals surface area (Å²) in [6, 6.07) is 22.7. The molecule has 0 bridgehead atoms. The van der Waals surface area contributed by atoms with Crippen molar-refractivity contribution in [3.63, 3.8) is 0 Å². The van der Waals surface area contributed by atoms with Crippen molar-refractivity contribution < 1.29 is 14.3 Å². The van der Waals surface area contributed by atoms with Gasteiger partial charge in [0.2, 0.25) is 0 Å². The monoisotopic (exact) mass is 430 g/mol. The third kappa shape index (κ3) is 5.10. The summed E-state index contributed by atoms with van der Waals surface area (Å²) < 4.78 is 11.3. The molecule has 5 nitrogen and oxygen atoms in total. The van der Waals surface area contributed by atoms with E-state index in [1.54, 1.807) is 49.0 Å². The van der Waals surface area contributed by atoms with Crippen LogP contribution >= 0.6 is 11.3 Å². The molecule has 0 aliphatic carbocycles. The summed E-state index contributed by atoms with van der Waals surface area (Å²) in [4.78, 5) is 18.2. The van der Waals surface area contributed by atoms with E-state index >= 15 is 0 Å². The number of nitrogens with one attached hydrogen (secondary N) is 1. The molecule has 0 aliphatic rings. The van der Waals surface area contributed by atoms with E-state index in [-0.39, 0.29) is 11.9 Å². The molecule has 2 aromatic carbocycles. The number of hydrogen-bond donors (Lipinski definition) is 1. The van der Waals surface area contributed by atoms with Gasteiger partial charge in [0.05, 0.1) is 13.2 Å². The first-order valence-electron chi connectivity index (χ1n) is 9.83. The molecule has 156 valence electrons. The number of pyridine rings is 1. The molecule has 0 radical (unpaired) electrons. The molecule has 1 unspecified atom stereocenters. The van der Waals surface area contributed by atoms with Gasteiger partial charge in [0.1, 0.15) is 6.61 Å². The molecule has 0 saturated heterocycles. The predicted octanol–water partition coefficient (Wildman–Crippen LogP) is 5.25. The summed E-state index contributed by atoms with van der Waals surface area (Å²) in [6.45, 7) is 0.388. The smallest absolute Gasteiger partial charge is 0.252 e. The summed E-state index contributed by atoms with van der Waals surface area (Å²) in [5.74, 6) is 0.907. The van der Waals surface area contributed by atoms with E-state index in [2.05, 4.69) is 10.3 Å². The van der Waals surface area contributed by atoms with Gasteiger partial charge >= 0.3 is 0 Å². The molecule has 1 N–H and O–H groups in total. The summed E-state index contributed by atoms with van der Waals surface area (Å²) in [5, 5.41) is 5.16. The lowest BCUT2D eigenvalue weighted by molar-refractivity contribution is 0.0943. The molecule has 2 aromatic heterocycles. The van der Waals surface area contributed by atoms with Crippen LogP contribution in [0.2, 0.25) is 0 Å². The summed E-state index contributed by atoms with van der Waals surface area (Å²) >= 11 is 1.61. The second kappa shape index (κ2) is 9.91. The maximum Gasteiger partial charge on any atom is 0.252 e. The van der Waals surface area contributed by atoms with Crippen LogP contribution in [0.3, 0.4) is 0 Å². The third-order valence-electron chi connectivity index (χ3n) is 4.81. The van der Waals surface area contributed by atoms with Crippen LogP contribution in [0.15, 0.2) is 90.6 Å². The average molecular weight is 431 g/mol. The van der Waals surface area contributed by atoms with E-state index in [0.29, 0.717) is 23.7 Å². The minimum absolute atomic E-state index is 0.179. The zero-order chi connectivity index (χ0) is 21.5. The normalized spacial score (nSPS) is 11.5. The van der Waals surface area contributed by atoms with Crippen LogP contribution in [0.1, 0.15) is 32.4 Å². The van der Waals surface area contributed by atoms with Crippen molar-refractivity contribution in [2.24, 2.45) is 0 Å². The molecule has 6 heteroatoms. The highest BCUT2D eigenvalue weighted by atomic mass is 32.1. The quantitative estimate of drug-likeness (QED) is 0.415. The van der Waals surface area contributed by atoms with Crippen LogP contribution in [-0.4, -0.2) is 18.0 Å². The molecule has 4 rings (SSSR count). The molecule has 1 amide bonds. The second-order valence-corrected chi connectivity index (χ2v) is 7.82. The minimum atomic E-state index is -0.220. The fourth-order valence-corrected chi connectivity index (χ4v) is 4.00. The largest absolute Gasteiger partial charge is 0.493 e. The predicted molar refractivity (Wildman–Crippen MR) is 122 cm³/mol. The van der Waals surface area contributed by atoms with Crippen LogP contribution in [0.5, 0.6) is 11.5 Å². The van der Waals surface area contributed by atoms with Gasteiger partial charge in [0.25, 0.3) is 5.91 Å². The zero-order valence-electron chi connectivity index (χ0n) is 17.0. The van der Waals surface area contributed by atoms with Crippen LogP contribution in [-0.2, 0) is 6.61 Å². The first-order valence-corrected chi connectivity index (χ1v) is 10.7. The van der Waals surface area contributed by atoms with E-state index in [0.717, 1.165) is 16.0 Å². The minimum Gasteiger partial charge on any atom is -0.493 e. The third-order valence-corrected chi connectivity index (χ3v) is 5.74. The fourth-order valence-electron chi connectivity index (χ4n) is 3.20. The summed E-state index contributed by atoms with van der Waals surface area (Å²) in [5.41, 5.74) is 2.54. The standard InChI is InChI=1S/C25H22N2O3S/c1-29-22-16-20(9-10-21(22)30-17-18-11-13-26-14-12-18)25(28)27-24(23-8-5-15-31-23)19-6-3-2-4-7-19/h2-16,24H,17H2,1H3,(H,27,28). The Hall–Kier alpha value is -3.64. The number of carbonyl (C=O) groups excluding carboxylic acids is 1. The van der Waals surface area contributed by atoms with Gasteiger partial charge in [0.15, 0.2) is 11.5 Å². The number of thiophene rings is 1. The van der Waals surface area contributed by atoms with Gasteiger partial charge in [-0.05, 0) is 52.9 Å². The maximum absolute atomic E-state index is 13.1. The van der Waals surface area contributed by atoms with E-state index in [4.69, 9.17) is 9.47 Å². The Balaban J connectivity index is 1.52. The van der Waals surface area contributed by atoms with Gasteiger partial charge in [-0.1, -0.05) is 36.4 Å². The Labute approximate surface area is 185 Å². The highest BCUT2D eigenvalue weighted by Gasteiger charge is 2.19. The summed E-state index contributed by atoms with van der Waals surface area (Å²) in [7, 11) is 1.56. The molecule has 31 heavy (non-hydrogen) atoms. The van der Waals surface area contributed by atoms with Crippen molar-refractivity contribution in [2.45, 2.75) is 12.6 Å². The van der Waals surface area contributed by atoms with Gasteiger partial charge in [-0.25, -0.2) is 0 Å². The topological polar surface area (TPSA) is 60.5 Å². The number of amides is 1. The molecule has 0 spiro atoms. The molecule has 0 aliphatic heterocycles. The number of carbonyl (C=O) groups is 1. The molecule has 0 fully saturated rings. The number of aromatic nitrogens is 1. The fraction of sp³-hybridized carbons (Fsp3) is 0.120. The molecular weight excluding hydrogens is 408 g/mol. The Bertz CT molecular complexity index is 1120. The average Bonchev–Trinajstić information content (AvgIpc) is 3.37. The van der Waals surface area contributed by atoms with Crippen LogP contribution in [0.4, 0.5) is 0 Å². The van der Waals surface area contributed by atoms with Crippen molar-refractivity contribution in [1.82, 2.24) is 10.3 Å². The van der Waals surface area contributed by atoms with E-state index < -0.39 is 0 Å². The number of benzene rings is 2. The van der Waals surface area contributed by atoms with Crippen LogP contribution in [0, 0.1) is 0 Å². The zero-order valence-corrected chi connectivity index (χ0v) is 17.8. The van der Waals surface area contributed by atoms with Crippen molar-refractivity contribution in [3.8, 4) is 11.5 Å². The molecular formula is C25H22N2O3S. The van der Waals surface area contributed by atoms with Crippen LogP contribution < -0.4 is 14.8 Å². The van der Waals surface area contributed by atoms with Crippen molar-refractivity contribution >= 4 is 17.2 Å². The van der Waals surface area contributed by atoms with Gasteiger partial charge in [-0.15, -0.1) is 11.3 Å². The Morgan fingerprint density at radius 3 is 2.52 bits per heavy atom. The van der Waals surface area contributed by atoms with Gasteiger partial charge in [-0.3, -0.25) is 9.78 Å². The van der Waals surface area contributed by atoms with Crippen molar-refractivity contribution in [2.75, 3.05) is 7.11 Å². The molecule has 1 atom stereocenters. The highest BCUT2D eigenvalue weighted by molar-refractivity contribution is 7.10. The Kier molecular flexibility index (Phi) is 6.59. The van der Waals surface area contributed by atoms with Gasteiger partial charge in [-0.2, -0.15) is 0 Å². The van der Waals surface area contributed by atoms with E-state index in [9.17, 15) is 4.79 Å². The molecule has 2 heterocycles. The van der Waals surface area contributed by atoms with Crippen molar-refractivity contribution in [3.05, 3.63) is 112 Å². The highest BCUT2D eigenvalue weighted by Crippen LogP contribution is 2.30. The molecule has 4 aromatic rings. The first-order chi connectivity index (χ1) is 15.2. The maximum atomic E-state index is 13.1. The SMILES string of the molecule is COc1cc(C(=O)NC(c2ccccc2)c2cccs2)ccc1OCc1ccncc1. The van der Waals surface area contributed by atoms with Crippen molar-refractivity contribution in [1.29, 1.82) is 0 Å². The lowest BCUT2D eigenvalue weighted by Crippen LogP contribution is -2.28. The lowest BCUT2D eigenvalue weighted by Gasteiger charge is -2.19. The Morgan fingerprint density at radius 2 is 1.81 bits per heavy atom. The van der Waals surface area contributed by atoms with E-state index in [1.807, 2.05) is 60.0 Å². The van der Waals surface area contributed by atoms with E-state index in [1.165, 1.54) is 0 Å². The molecule has 0 saturated carbocycles. The number of methoxy groups -OCH3 is 1. The number of hydrogen-bond acceptors (Lipinski definition) is 5. The van der Waals surface area contributed by atoms with Gasteiger partial charge < -0.3 is 14.8 Å². The lowest BCUT2D eigenvalue weighted by atomic mass is 10.0. The summed E-state index contributed by atoms with van der Waals surface area (Å²) in [6.07, 6.45) is 3.44. The Morgan fingerprint density at radius 1 is 1.00 bits per heavy atom. The first kappa shape index (κ1) is 20.6. The number of rotatable bonds is 8. The van der Waals surface area contributed by atoms with Crippen LogP contribution in [0.25, 0.3) is 0 Å². The second-order valence-electron chi connectivity index (χ2n) is 6.84.